The molecule has 3 N–H and O–H groups in total. The van der Waals surface area contributed by atoms with Crippen molar-refractivity contribution in [2.24, 2.45) is 5.92 Å². The van der Waals surface area contributed by atoms with Gasteiger partial charge >= 0.3 is 0 Å². The van der Waals surface area contributed by atoms with Gasteiger partial charge < -0.3 is 10.1 Å². The van der Waals surface area contributed by atoms with Crippen molar-refractivity contribution in [2.45, 2.75) is 40.3 Å². The number of carbonyl (C=O) groups is 2. The highest BCUT2D eigenvalue weighted by Gasteiger charge is 2.24. The fourth-order valence-corrected chi connectivity index (χ4v) is 3.55. The minimum absolute atomic E-state index is 0.169. The molecule has 1 aliphatic heterocycles. The molecule has 0 aliphatic carbocycles. The van der Waals surface area contributed by atoms with E-state index in [2.05, 4.69) is 34.2 Å². The van der Waals surface area contributed by atoms with Crippen molar-refractivity contribution >= 4 is 17.9 Å². The number of allylic oxidation sites excluding steroid dienone is 1. The summed E-state index contributed by atoms with van der Waals surface area (Å²) in [6.07, 6.45) is 3.65. The molecular weight excluding hydrogens is 454 g/mol. The summed E-state index contributed by atoms with van der Waals surface area (Å²) in [6, 6.07) is 14.5. The summed E-state index contributed by atoms with van der Waals surface area (Å²) in [4.78, 5) is 26.5. The Balaban J connectivity index is 0.00000222. The third-order valence-corrected chi connectivity index (χ3v) is 5.56. The highest BCUT2D eigenvalue weighted by Crippen LogP contribution is 2.10. The SMILES string of the molecule is CC.CC(C)C(NC(=O)c1ccc(/C=C/C#Cc2ccc(CN3CCOCC3)cc2)cc1)C(=O)NO. The van der Waals surface area contributed by atoms with Crippen molar-refractivity contribution in [3.8, 4) is 11.8 Å². The summed E-state index contributed by atoms with van der Waals surface area (Å²) in [5.41, 5.74) is 5.14. The highest BCUT2D eigenvalue weighted by atomic mass is 16.5. The van der Waals surface area contributed by atoms with Gasteiger partial charge in [0.05, 0.1) is 13.2 Å². The number of hydrogen-bond donors (Lipinski definition) is 3. The van der Waals surface area contributed by atoms with Crippen LogP contribution in [0.15, 0.2) is 54.6 Å². The van der Waals surface area contributed by atoms with Crippen molar-refractivity contribution in [2.75, 3.05) is 26.3 Å². The molecule has 7 heteroatoms. The number of rotatable bonds is 7. The second kappa shape index (κ2) is 15.5. The molecule has 1 unspecified atom stereocenters. The molecule has 2 aromatic carbocycles. The third-order valence-electron chi connectivity index (χ3n) is 5.56. The van der Waals surface area contributed by atoms with Crippen LogP contribution in [0.25, 0.3) is 6.08 Å². The predicted molar refractivity (Wildman–Crippen MR) is 142 cm³/mol. The average molecular weight is 492 g/mol. The molecule has 0 aromatic heterocycles. The Morgan fingerprint density at radius 3 is 2.28 bits per heavy atom. The zero-order chi connectivity index (χ0) is 26.3. The fraction of sp³-hybridized carbons (Fsp3) is 0.379. The van der Waals surface area contributed by atoms with Crippen LogP contribution >= 0.6 is 0 Å². The number of amides is 2. The molecule has 192 valence electrons. The summed E-state index contributed by atoms with van der Waals surface area (Å²) in [6.45, 7) is 12.0. The molecule has 0 radical (unpaired) electrons. The first-order valence-corrected chi connectivity index (χ1v) is 12.4. The van der Waals surface area contributed by atoms with Gasteiger partial charge in [0, 0.05) is 30.8 Å². The average Bonchev–Trinajstić information content (AvgIpc) is 2.92. The van der Waals surface area contributed by atoms with Gasteiger partial charge in [0.1, 0.15) is 6.04 Å². The third kappa shape index (κ3) is 9.31. The molecule has 2 aromatic rings. The lowest BCUT2D eigenvalue weighted by atomic mass is 10.0. The maximum Gasteiger partial charge on any atom is 0.266 e. The largest absolute Gasteiger partial charge is 0.379 e. The van der Waals surface area contributed by atoms with Crippen LogP contribution in [0.5, 0.6) is 0 Å². The van der Waals surface area contributed by atoms with Gasteiger partial charge in [-0.3, -0.25) is 19.7 Å². The molecular formula is C29H37N3O4. The van der Waals surface area contributed by atoms with Gasteiger partial charge in [-0.05, 0) is 53.5 Å². The second-order valence-corrected chi connectivity index (χ2v) is 8.48. The van der Waals surface area contributed by atoms with Crippen molar-refractivity contribution < 1.29 is 19.5 Å². The molecule has 36 heavy (non-hydrogen) atoms. The zero-order valence-corrected chi connectivity index (χ0v) is 21.6. The number of ether oxygens (including phenoxy) is 1. The number of benzene rings is 2. The minimum Gasteiger partial charge on any atom is -0.379 e. The van der Waals surface area contributed by atoms with Gasteiger partial charge in [0.15, 0.2) is 0 Å². The van der Waals surface area contributed by atoms with E-state index in [0.717, 1.165) is 44.0 Å². The Kier molecular flexibility index (Phi) is 12.4. The molecule has 0 saturated carbocycles. The molecule has 0 spiro atoms. The number of hydrogen-bond acceptors (Lipinski definition) is 5. The molecule has 1 saturated heterocycles. The maximum absolute atomic E-state index is 12.4. The van der Waals surface area contributed by atoms with E-state index in [1.54, 1.807) is 37.5 Å². The van der Waals surface area contributed by atoms with E-state index in [4.69, 9.17) is 9.94 Å². The monoisotopic (exact) mass is 491 g/mol. The number of morpholine rings is 1. The van der Waals surface area contributed by atoms with E-state index in [9.17, 15) is 9.59 Å². The second-order valence-electron chi connectivity index (χ2n) is 8.48. The lowest BCUT2D eigenvalue weighted by Gasteiger charge is -2.26. The normalized spacial score (nSPS) is 14.3. The summed E-state index contributed by atoms with van der Waals surface area (Å²) in [5, 5.41) is 11.5. The summed E-state index contributed by atoms with van der Waals surface area (Å²) >= 11 is 0. The molecule has 0 bridgehead atoms. The summed E-state index contributed by atoms with van der Waals surface area (Å²) in [5.74, 6) is 4.98. The molecule has 7 nitrogen and oxygen atoms in total. The van der Waals surface area contributed by atoms with Gasteiger partial charge in [-0.15, -0.1) is 0 Å². The molecule has 3 rings (SSSR count). The standard InChI is InChI=1S/C27H31N3O4.C2H6/c1-20(2)25(27(32)29-33)28-26(31)24-13-11-22(12-14-24)6-4-3-5-21-7-9-23(10-8-21)19-30-15-17-34-18-16-30;1-2/h4,6-14,20,25,33H,15-19H2,1-2H3,(H,28,31)(H,29,32);1-2H3/b6-4+;. The van der Waals surface area contributed by atoms with Crippen molar-refractivity contribution in [1.82, 2.24) is 15.7 Å². The van der Waals surface area contributed by atoms with E-state index in [0.29, 0.717) is 5.56 Å². The number of carbonyl (C=O) groups excluding carboxylic acids is 2. The van der Waals surface area contributed by atoms with Gasteiger partial charge in [-0.1, -0.05) is 63.8 Å². The molecule has 1 aliphatic rings. The Labute approximate surface area is 214 Å². The van der Waals surface area contributed by atoms with Gasteiger partial charge in [-0.2, -0.15) is 0 Å². The molecule has 1 atom stereocenters. The van der Waals surface area contributed by atoms with Crippen LogP contribution in [0.2, 0.25) is 0 Å². The van der Waals surface area contributed by atoms with Crippen LogP contribution in [-0.2, 0) is 16.1 Å². The lowest BCUT2D eigenvalue weighted by Crippen LogP contribution is -2.48. The summed E-state index contributed by atoms with van der Waals surface area (Å²) in [7, 11) is 0. The van der Waals surface area contributed by atoms with Gasteiger partial charge in [-0.25, -0.2) is 5.48 Å². The van der Waals surface area contributed by atoms with Crippen LogP contribution in [0.1, 0.15) is 54.7 Å². The molecule has 1 heterocycles. The van der Waals surface area contributed by atoms with Gasteiger partial charge in [0.25, 0.3) is 11.8 Å². The van der Waals surface area contributed by atoms with Crippen LogP contribution in [0.4, 0.5) is 0 Å². The predicted octanol–water partition coefficient (Wildman–Crippen LogP) is 3.87. The summed E-state index contributed by atoms with van der Waals surface area (Å²) < 4.78 is 5.39. The first kappa shape index (κ1) is 28.8. The van der Waals surface area contributed by atoms with E-state index >= 15 is 0 Å². The number of nitrogens with zero attached hydrogens (tertiary/aromatic N) is 1. The van der Waals surface area contributed by atoms with Crippen molar-refractivity contribution in [3.05, 3.63) is 76.9 Å². The Bertz CT molecular complexity index is 1040. The zero-order valence-electron chi connectivity index (χ0n) is 21.6. The van der Waals surface area contributed by atoms with Crippen molar-refractivity contribution in [3.63, 3.8) is 0 Å². The quantitative estimate of drug-likeness (QED) is 0.311. The lowest BCUT2D eigenvalue weighted by molar-refractivity contribution is -0.132. The van der Waals surface area contributed by atoms with Crippen molar-refractivity contribution in [1.29, 1.82) is 0 Å². The first-order chi connectivity index (χ1) is 17.5. The van der Waals surface area contributed by atoms with Crippen LogP contribution in [0, 0.1) is 17.8 Å². The number of nitrogens with one attached hydrogen (secondary N) is 2. The fourth-order valence-electron chi connectivity index (χ4n) is 3.55. The minimum atomic E-state index is -0.819. The Hall–Kier alpha value is -3.44. The number of hydroxylamine groups is 1. The van der Waals surface area contributed by atoms with Crippen LogP contribution in [-0.4, -0.2) is 54.3 Å². The van der Waals surface area contributed by atoms with Gasteiger partial charge in [0.2, 0.25) is 0 Å². The first-order valence-electron chi connectivity index (χ1n) is 12.4. The smallest absolute Gasteiger partial charge is 0.266 e. The van der Waals surface area contributed by atoms with E-state index in [1.165, 1.54) is 5.56 Å². The Morgan fingerprint density at radius 1 is 1.06 bits per heavy atom. The van der Waals surface area contributed by atoms with E-state index in [1.807, 2.05) is 44.2 Å². The topological polar surface area (TPSA) is 90.9 Å². The maximum atomic E-state index is 12.4. The van der Waals surface area contributed by atoms with E-state index in [-0.39, 0.29) is 11.8 Å². The van der Waals surface area contributed by atoms with E-state index < -0.39 is 11.9 Å². The Morgan fingerprint density at radius 2 is 1.69 bits per heavy atom. The molecule has 1 fully saturated rings. The molecule has 2 amide bonds. The highest BCUT2D eigenvalue weighted by molar-refractivity contribution is 5.97. The van der Waals surface area contributed by atoms with Crippen LogP contribution in [0.3, 0.4) is 0 Å². The van der Waals surface area contributed by atoms with Crippen LogP contribution < -0.4 is 10.8 Å².